The summed E-state index contributed by atoms with van der Waals surface area (Å²) in [5.74, 6) is 0.236. The van der Waals surface area contributed by atoms with Crippen LogP contribution in [0.15, 0.2) is 30.3 Å². The van der Waals surface area contributed by atoms with Crippen molar-refractivity contribution in [2.24, 2.45) is 5.73 Å². The van der Waals surface area contributed by atoms with Gasteiger partial charge in [-0.2, -0.15) is 0 Å². The number of hydrogen-bond acceptors (Lipinski definition) is 2. The number of piperidine rings is 1. The second-order valence-electron chi connectivity index (χ2n) is 5.12. The summed E-state index contributed by atoms with van der Waals surface area (Å²) >= 11 is 0. The van der Waals surface area contributed by atoms with Gasteiger partial charge in [0.1, 0.15) is 0 Å². The molecule has 3 unspecified atom stereocenters. The van der Waals surface area contributed by atoms with Crippen LogP contribution >= 0.6 is 0 Å². The second kappa shape index (κ2) is 5.53. The third kappa shape index (κ3) is 2.41. The van der Waals surface area contributed by atoms with E-state index in [4.69, 9.17) is 5.73 Å². The molecule has 1 aromatic carbocycles. The molecule has 3 nitrogen and oxygen atoms in total. The van der Waals surface area contributed by atoms with Crippen molar-refractivity contribution >= 4 is 5.91 Å². The number of carbonyl (C=O) groups is 1. The maximum atomic E-state index is 12.2. The van der Waals surface area contributed by atoms with Gasteiger partial charge in [-0.15, -0.1) is 0 Å². The fourth-order valence-electron chi connectivity index (χ4n) is 2.71. The predicted octanol–water partition coefficient (Wildman–Crippen LogP) is 2.48. The summed E-state index contributed by atoms with van der Waals surface area (Å²) in [5.41, 5.74) is 7.41. The molecule has 0 radical (unpaired) electrons. The highest BCUT2D eigenvalue weighted by molar-refractivity contribution is 5.78. The Kier molecular flexibility index (Phi) is 4.02. The predicted molar refractivity (Wildman–Crippen MR) is 73.0 cm³/mol. The summed E-state index contributed by atoms with van der Waals surface area (Å²) < 4.78 is 0. The molecule has 0 bridgehead atoms. The average molecular weight is 246 g/mol. The van der Waals surface area contributed by atoms with Crippen LogP contribution in [0.1, 0.15) is 44.7 Å². The Bertz CT molecular complexity index is 404. The minimum atomic E-state index is 0.0300. The van der Waals surface area contributed by atoms with Crippen molar-refractivity contribution in [1.29, 1.82) is 0 Å². The lowest BCUT2D eigenvalue weighted by atomic mass is 9.89. The molecule has 1 aliphatic heterocycles. The molecule has 1 aliphatic rings. The first-order chi connectivity index (χ1) is 8.65. The monoisotopic (exact) mass is 246 g/mol. The number of amides is 1. The van der Waals surface area contributed by atoms with Gasteiger partial charge >= 0.3 is 0 Å². The Morgan fingerprint density at radius 3 is 2.67 bits per heavy atom. The summed E-state index contributed by atoms with van der Waals surface area (Å²) in [6.07, 6.45) is 2.32. The number of rotatable bonds is 3. The molecule has 1 fully saturated rings. The Morgan fingerprint density at radius 2 is 2.06 bits per heavy atom. The van der Waals surface area contributed by atoms with Crippen molar-refractivity contribution in [3.63, 3.8) is 0 Å². The molecule has 1 saturated heterocycles. The van der Waals surface area contributed by atoms with Gasteiger partial charge in [0, 0.05) is 18.5 Å². The van der Waals surface area contributed by atoms with Crippen molar-refractivity contribution < 1.29 is 4.79 Å². The molecule has 1 amide bonds. The molecule has 3 heteroatoms. The Labute approximate surface area is 109 Å². The summed E-state index contributed by atoms with van der Waals surface area (Å²) in [6.45, 7) is 4.21. The third-order valence-corrected chi connectivity index (χ3v) is 3.89. The number of hydrogen-bond donors (Lipinski definition) is 1. The molecule has 3 atom stereocenters. The van der Waals surface area contributed by atoms with Crippen LogP contribution in [-0.4, -0.2) is 22.9 Å². The van der Waals surface area contributed by atoms with Gasteiger partial charge in [0.2, 0.25) is 5.91 Å². The molecule has 1 heterocycles. The van der Waals surface area contributed by atoms with E-state index >= 15 is 0 Å². The minimum Gasteiger partial charge on any atom is -0.331 e. The van der Waals surface area contributed by atoms with E-state index in [9.17, 15) is 4.79 Å². The third-order valence-electron chi connectivity index (χ3n) is 3.89. The van der Waals surface area contributed by atoms with Gasteiger partial charge < -0.3 is 10.6 Å². The van der Waals surface area contributed by atoms with E-state index < -0.39 is 0 Å². The molecule has 0 aliphatic carbocycles. The zero-order valence-corrected chi connectivity index (χ0v) is 11.2. The number of nitrogens with two attached hydrogens (primary N) is 1. The lowest BCUT2D eigenvalue weighted by Crippen LogP contribution is -2.52. The summed E-state index contributed by atoms with van der Waals surface area (Å²) in [7, 11) is 0. The number of nitrogens with zero attached hydrogens (tertiary/aromatic N) is 1. The van der Waals surface area contributed by atoms with Gasteiger partial charge in [-0.25, -0.2) is 0 Å². The van der Waals surface area contributed by atoms with Gasteiger partial charge in [-0.3, -0.25) is 4.79 Å². The highest BCUT2D eigenvalue weighted by Gasteiger charge is 2.36. The van der Waals surface area contributed by atoms with Gasteiger partial charge in [0.05, 0.1) is 6.04 Å². The van der Waals surface area contributed by atoms with Crippen LogP contribution in [0.25, 0.3) is 0 Å². The van der Waals surface area contributed by atoms with Crippen LogP contribution in [0.2, 0.25) is 0 Å². The summed E-state index contributed by atoms with van der Waals surface area (Å²) in [5, 5.41) is 0. The topological polar surface area (TPSA) is 46.3 Å². The van der Waals surface area contributed by atoms with Crippen LogP contribution in [0.3, 0.4) is 0 Å². The Hall–Kier alpha value is -1.35. The average Bonchev–Trinajstić information content (AvgIpc) is 2.41. The molecular weight excluding hydrogens is 224 g/mol. The molecule has 0 aromatic heterocycles. The van der Waals surface area contributed by atoms with Crippen molar-refractivity contribution in [2.75, 3.05) is 0 Å². The van der Waals surface area contributed by atoms with Crippen LogP contribution in [0.5, 0.6) is 0 Å². The summed E-state index contributed by atoms with van der Waals surface area (Å²) in [4.78, 5) is 14.2. The fourth-order valence-corrected chi connectivity index (χ4v) is 2.71. The Morgan fingerprint density at radius 1 is 1.39 bits per heavy atom. The normalized spacial score (nSPS) is 26.2. The first-order valence-electron chi connectivity index (χ1n) is 6.76. The SMILES string of the molecule is CCC(C)N1C(=O)CCC(N)C1c1ccccc1. The largest absolute Gasteiger partial charge is 0.331 e. The van der Waals surface area contributed by atoms with Crippen LogP contribution < -0.4 is 5.73 Å². The molecule has 0 saturated carbocycles. The quantitative estimate of drug-likeness (QED) is 0.890. The van der Waals surface area contributed by atoms with E-state index in [2.05, 4.69) is 26.0 Å². The standard InChI is InChI=1S/C15H22N2O/c1-3-11(2)17-14(18)10-9-13(16)15(17)12-7-5-4-6-8-12/h4-8,11,13,15H,3,9-10,16H2,1-2H3. The fraction of sp³-hybridized carbons (Fsp3) is 0.533. The first kappa shape index (κ1) is 13.1. The zero-order valence-electron chi connectivity index (χ0n) is 11.2. The molecule has 98 valence electrons. The lowest BCUT2D eigenvalue weighted by molar-refractivity contribution is -0.140. The minimum absolute atomic E-state index is 0.0300. The van der Waals surface area contributed by atoms with E-state index in [-0.39, 0.29) is 24.0 Å². The van der Waals surface area contributed by atoms with Crippen molar-refractivity contribution in [3.05, 3.63) is 35.9 Å². The van der Waals surface area contributed by atoms with Crippen LogP contribution in [0, 0.1) is 0 Å². The van der Waals surface area contributed by atoms with E-state index in [0.717, 1.165) is 18.4 Å². The molecular formula is C15H22N2O. The highest BCUT2D eigenvalue weighted by atomic mass is 16.2. The highest BCUT2D eigenvalue weighted by Crippen LogP contribution is 2.33. The molecule has 1 aromatic rings. The van der Waals surface area contributed by atoms with Crippen LogP contribution in [0.4, 0.5) is 0 Å². The van der Waals surface area contributed by atoms with E-state index in [0.29, 0.717) is 6.42 Å². The zero-order chi connectivity index (χ0) is 13.1. The van der Waals surface area contributed by atoms with Gasteiger partial charge in [0.15, 0.2) is 0 Å². The summed E-state index contributed by atoms with van der Waals surface area (Å²) in [6, 6.07) is 10.5. The first-order valence-corrected chi connectivity index (χ1v) is 6.76. The maximum Gasteiger partial charge on any atom is 0.223 e. The van der Waals surface area contributed by atoms with Gasteiger partial charge in [0.25, 0.3) is 0 Å². The van der Waals surface area contributed by atoms with Crippen molar-refractivity contribution in [1.82, 2.24) is 4.90 Å². The second-order valence-corrected chi connectivity index (χ2v) is 5.12. The molecule has 0 spiro atoms. The smallest absolute Gasteiger partial charge is 0.223 e. The van der Waals surface area contributed by atoms with Crippen molar-refractivity contribution in [2.45, 2.75) is 51.2 Å². The number of benzene rings is 1. The number of likely N-dealkylation sites (tertiary alicyclic amines) is 1. The molecule has 18 heavy (non-hydrogen) atoms. The Balaban J connectivity index is 2.35. The van der Waals surface area contributed by atoms with Gasteiger partial charge in [-0.1, -0.05) is 37.3 Å². The molecule has 2 N–H and O–H groups in total. The van der Waals surface area contributed by atoms with Gasteiger partial charge in [-0.05, 0) is 25.3 Å². The lowest BCUT2D eigenvalue weighted by Gasteiger charge is -2.43. The van der Waals surface area contributed by atoms with Crippen LogP contribution in [-0.2, 0) is 4.79 Å². The maximum absolute atomic E-state index is 12.2. The van der Waals surface area contributed by atoms with E-state index in [1.54, 1.807) is 0 Å². The molecule has 2 rings (SSSR count). The van der Waals surface area contributed by atoms with E-state index in [1.807, 2.05) is 23.1 Å². The number of carbonyl (C=O) groups excluding carboxylic acids is 1. The van der Waals surface area contributed by atoms with Crippen molar-refractivity contribution in [3.8, 4) is 0 Å². The van der Waals surface area contributed by atoms with E-state index in [1.165, 1.54) is 0 Å².